The summed E-state index contributed by atoms with van der Waals surface area (Å²) in [5.41, 5.74) is 2.29. The lowest BCUT2D eigenvalue weighted by Gasteiger charge is -2.36. The topological polar surface area (TPSA) is 47.6 Å². The number of benzene rings is 3. The third-order valence-corrected chi connectivity index (χ3v) is 4.77. The molecule has 1 aliphatic rings. The van der Waals surface area contributed by atoms with Crippen LogP contribution in [-0.4, -0.2) is 25.3 Å². The van der Waals surface area contributed by atoms with Gasteiger partial charge in [0, 0.05) is 0 Å². The first kappa shape index (κ1) is 20.0. The number of ether oxygens (including phenoxy) is 2. The Morgan fingerprint density at radius 2 is 1.25 bits per heavy atom. The Morgan fingerprint density at radius 1 is 0.821 bits per heavy atom. The van der Waals surface area contributed by atoms with Gasteiger partial charge in [0.05, 0.1) is 13.2 Å². The molecule has 0 aliphatic carbocycles. The number of alkyl carbamates (subject to hydrolysis) is 1. The molecule has 1 aliphatic heterocycles. The number of carbonyl (C=O) groups excluding carboxylic acids is 1. The van der Waals surface area contributed by atoms with Gasteiger partial charge in [0.2, 0.25) is 0 Å². The second kappa shape index (κ2) is 8.95. The van der Waals surface area contributed by atoms with Gasteiger partial charge in [-0.25, -0.2) is 4.79 Å². The van der Waals surface area contributed by atoms with E-state index in [2.05, 4.69) is 41.7 Å². The van der Waals surface area contributed by atoms with Crippen LogP contribution in [0.3, 0.4) is 0 Å². The second-order valence-corrected chi connectivity index (χ2v) is 6.50. The molecule has 4 nitrogen and oxygen atoms in total. The van der Waals surface area contributed by atoms with Crippen LogP contribution in [0.25, 0.3) is 0 Å². The zero-order chi connectivity index (χ0) is 18.5. The first-order valence-corrected chi connectivity index (χ1v) is 9.04. The predicted octanol–water partition coefficient (Wildman–Crippen LogP) is 4.22. The van der Waals surface area contributed by atoms with Crippen LogP contribution in [0.5, 0.6) is 0 Å². The van der Waals surface area contributed by atoms with Gasteiger partial charge in [0.25, 0.3) is 0 Å². The minimum atomic E-state index is -0.793. The molecule has 0 bridgehead atoms. The van der Waals surface area contributed by atoms with Gasteiger partial charge in [-0.05, 0) is 16.7 Å². The van der Waals surface area contributed by atoms with Crippen molar-refractivity contribution in [1.29, 1.82) is 0 Å². The molecular weight excluding hydrogens is 370 g/mol. The van der Waals surface area contributed by atoms with Gasteiger partial charge in [-0.15, -0.1) is 0 Å². The standard InChI is InChI=1S/C23H21NO3.H2S/c25-22-24-16-21(27-22)17-26-23(18-10-4-1-5-11-18,19-12-6-2-7-13-19)20-14-8-3-9-15-20;/h1-15,21H,16-17H2,(H,24,25);1H2/t21-;/m0./s1. The van der Waals surface area contributed by atoms with E-state index in [1.54, 1.807) is 0 Å². The molecule has 5 heteroatoms. The van der Waals surface area contributed by atoms with Crippen molar-refractivity contribution >= 4 is 19.6 Å². The Labute approximate surface area is 171 Å². The summed E-state index contributed by atoms with van der Waals surface area (Å²) in [6.45, 7) is 0.741. The molecule has 0 aromatic heterocycles. The van der Waals surface area contributed by atoms with Crippen molar-refractivity contribution in [3.63, 3.8) is 0 Å². The molecule has 0 radical (unpaired) electrons. The van der Waals surface area contributed by atoms with Crippen molar-refractivity contribution in [2.24, 2.45) is 0 Å². The highest BCUT2D eigenvalue weighted by Gasteiger charge is 2.39. The van der Waals surface area contributed by atoms with E-state index in [-0.39, 0.29) is 26.2 Å². The summed E-state index contributed by atoms with van der Waals surface area (Å²) in [7, 11) is 0. The van der Waals surface area contributed by atoms with Crippen LogP contribution in [0.4, 0.5) is 4.79 Å². The number of nitrogens with one attached hydrogen (secondary N) is 1. The largest absolute Gasteiger partial charge is 0.442 e. The maximum atomic E-state index is 11.4. The fraction of sp³-hybridized carbons (Fsp3) is 0.174. The van der Waals surface area contributed by atoms with Crippen LogP contribution in [0.2, 0.25) is 0 Å². The molecule has 0 saturated carbocycles. The van der Waals surface area contributed by atoms with Crippen molar-refractivity contribution in [1.82, 2.24) is 5.32 Å². The van der Waals surface area contributed by atoms with Crippen LogP contribution in [0.15, 0.2) is 91.0 Å². The van der Waals surface area contributed by atoms with Crippen molar-refractivity contribution in [2.45, 2.75) is 11.7 Å². The lowest BCUT2D eigenvalue weighted by atomic mass is 9.80. The van der Waals surface area contributed by atoms with Crippen LogP contribution in [0.1, 0.15) is 16.7 Å². The molecule has 1 atom stereocenters. The number of cyclic esters (lactones) is 1. The lowest BCUT2D eigenvalue weighted by molar-refractivity contribution is -0.0296. The van der Waals surface area contributed by atoms with E-state index >= 15 is 0 Å². The summed E-state index contributed by atoms with van der Waals surface area (Å²) in [5, 5.41) is 2.68. The average molecular weight is 394 g/mol. The normalized spacial score (nSPS) is 16.0. The molecule has 1 amide bonds. The summed E-state index contributed by atoms with van der Waals surface area (Å²) in [6, 6.07) is 30.5. The van der Waals surface area contributed by atoms with Gasteiger partial charge in [-0.1, -0.05) is 91.0 Å². The van der Waals surface area contributed by atoms with Gasteiger partial charge in [-0.2, -0.15) is 13.5 Å². The third kappa shape index (κ3) is 3.91. The maximum Gasteiger partial charge on any atom is 0.407 e. The van der Waals surface area contributed by atoms with Crippen molar-refractivity contribution in [3.8, 4) is 0 Å². The minimum absolute atomic E-state index is 0. The Bertz CT molecular complexity index is 791. The Hall–Kier alpha value is -2.76. The van der Waals surface area contributed by atoms with Crippen LogP contribution >= 0.6 is 13.5 Å². The second-order valence-electron chi connectivity index (χ2n) is 6.50. The van der Waals surface area contributed by atoms with E-state index in [1.165, 1.54) is 0 Å². The summed E-state index contributed by atoms with van der Waals surface area (Å²) in [4.78, 5) is 11.4. The van der Waals surface area contributed by atoms with Gasteiger partial charge in [-0.3, -0.25) is 0 Å². The molecule has 1 saturated heterocycles. The quantitative estimate of drug-likeness (QED) is 0.638. The van der Waals surface area contributed by atoms with E-state index in [4.69, 9.17) is 9.47 Å². The van der Waals surface area contributed by atoms with E-state index < -0.39 is 11.7 Å². The van der Waals surface area contributed by atoms with Crippen LogP contribution < -0.4 is 5.32 Å². The zero-order valence-corrected chi connectivity index (χ0v) is 16.4. The monoisotopic (exact) mass is 393 g/mol. The van der Waals surface area contributed by atoms with Gasteiger partial charge in [0.15, 0.2) is 0 Å². The first-order chi connectivity index (χ1) is 13.3. The molecule has 4 rings (SSSR count). The molecule has 28 heavy (non-hydrogen) atoms. The average Bonchev–Trinajstić information content (AvgIpc) is 3.16. The highest BCUT2D eigenvalue weighted by molar-refractivity contribution is 7.59. The number of hydrogen-bond donors (Lipinski definition) is 1. The molecule has 144 valence electrons. The van der Waals surface area contributed by atoms with Crippen molar-refractivity contribution < 1.29 is 14.3 Å². The van der Waals surface area contributed by atoms with E-state index in [1.807, 2.05) is 54.6 Å². The molecule has 3 aromatic carbocycles. The van der Waals surface area contributed by atoms with Crippen LogP contribution in [0, 0.1) is 0 Å². The van der Waals surface area contributed by atoms with E-state index in [9.17, 15) is 4.79 Å². The maximum absolute atomic E-state index is 11.4. The molecule has 1 fully saturated rings. The van der Waals surface area contributed by atoms with Gasteiger partial charge in [0.1, 0.15) is 11.7 Å². The fourth-order valence-electron chi connectivity index (χ4n) is 3.51. The molecule has 0 spiro atoms. The molecule has 3 aromatic rings. The number of carbonyl (C=O) groups is 1. The Morgan fingerprint density at radius 3 is 1.61 bits per heavy atom. The Balaban J connectivity index is 0.00000225. The van der Waals surface area contributed by atoms with E-state index in [0.717, 1.165) is 16.7 Å². The molecular formula is C23H23NO3S. The number of hydrogen-bond acceptors (Lipinski definition) is 3. The van der Waals surface area contributed by atoms with E-state index in [0.29, 0.717) is 6.54 Å². The van der Waals surface area contributed by atoms with Gasteiger partial charge < -0.3 is 14.8 Å². The van der Waals surface area contributed by atoms with Crippen molar-refractivity contribution in [3.05, 3.63) is 108 Å². The first-order valence-electron chi connectivity index (χ1n) is 9.04. The summed E-state index contributed by atoms with van der Waals surface area (Å²) in [6.07, 6.45) is -0.707. The summed E-state index contributed by atoms with van der Waals surface area (Å²) >= 11 is 0. The molecule has 0 unspecified atom stereocenters. The van der Waals surface area contributed by atoms with Crippen LogP contribution in [-0.2, 0) is 15.1 Å². The highest BCUT2D eigenvalue weighted by atomic mass is 32.1. The SMILES string of the molecule is O=C1NC[C@@H](COC(c2ccccc2)(c2ccccc2)c2ccccc2)O1.S. The lowest BCUT2D eigenvalue weighted by Crippen LogP contribution is -2.36. The smallest absolute Gasteiger partial charge is 0.407 e. The van der Waals surface area contributed by atoms with Gasteiger partial charge >= 0.3 is 6.09 Å². The minimum Gasteiger partial charge on any atom is -0.442 e. The summed E-state index contributed by atoms with van der Waals surface area (Å²) < 4.78 is 11.9. The Kier molecular flexibility index (Phi) is 6.39. The zero-order valence-electron chi connectivity index (χ0n) is 15.4. The predicted molar refractivity (Wildman–Crippen MR) is 114 cm³/mol. The summed E-state index contributed by atoms with van der Waals surface area (Å²) in [5.74, 6) is 0. The molecule has 1 heterocycles. The third-order valence-electron chi connectivity index (χ3n) is 4.77. The number of rotatable bonds is 6. The fourth-order valence-corrected chi connectivity index (χ4v) is 3.51. The van der Waals surface area contributed by atoms with Crippen molar-refractivity contribution in [2.75, 3.05) is 13.2 Å². The highest BCUT2D eigenvalue weighted by Crippen LogP contribution is 2.40. The number of amides is 1. The molecule has 1 N–H and O–H groups in total.